The monoisotopic (exact) mass is 581 g/mol. The van der Waals surface area contributed by atoms with Crippen molar-refractivity contribution in [1.29, 1.82) is 0 Å². The maximum absolute atomic E-state index is 12.1. The second-order valence-corrected chi connectivity index (χ2v) is 12.9. The van der Waals surface area contributed by atoms with Crippen LogP contribution in [0.15, 0.2) is 0 Å². The van der Waals surface area contributed by atoms with Crippen molar-refractivity contribution < 1.29 is 19.4 Å². The minimum atomic E-state index is -0.661. The molecule has 0 aliphatic carbocycles. The second-order valence-electron chi connectivity index (χ2n) is 12.9. The van der Waals surface area contributed by atoms with Crippen LogP contribution < -0.4 is 0 Å². The summed E-state index contributed by atoms with van der Waals surface area (Å²) in [5.74, 6) is -0.653. The van der Waals surface area contributed by atoms with E-state index in [0.717, 1.165) is 25.7 Å². The molecule has 0 aromatic heterocycles. The summed E-state index contributed by atoms with van der Waals surface area (Å²) in [5, 5.41) is 8.63. The first-order valence-electron chi connectivity index (χ1n) is 18.5. The first kappa shape index (κ1) is 39.9. The topological polar surface area (TPSA) is 63.6 Å². The van der Waals surface area contributed by atoms with Gasteiger partial charge in [-0.15, -0.1) is 0 Å². The van der Waals surface area contributed by atoms with Crippen molar-refractivity contribution in [3.63, 3.8) is 0 Å². The molecule has 0 radical (unpaired) electrons. The highest BCUT2D eigenvalue weighted by atomic mass is 16.5. The average Bonchev–Trinajstić information content (AvgIpc) is 2.94. The van der Waals surface area contributed by atoms with Gasteiger partial charge in [-0.3, -0.25) is 9.59 Å². The fraction of sp³-hybridized carbons (Fsp3) is 0.946. The lowest BCUT2D eigenvalue weighted by Crippen LogP contribution is -2.14. The van der Waals surface area contributed by atoms with Crippen LogP contribution >= 0.6 is 0 Å². The Kier molecular flexibility index (Phi) is 32.6. The van der Waals surface area contributed by atoms with Gasteiger partial charge < -0.3 is 9.84 Å². The predicted molar refractivity (Wildman–Crippen MR) is 177 cm³/mol. The molecule has 244 valence electrons. The Morgan fingerprint density at radius 3 is 1.10 bits per heavy atom. The molecule has 0 saturated carbocycles. The molecule has 4 nitrogen and oxygen atoms in total. The fourth-order valence-electron chi connectivity index (χ4n) is 5.81. The summed E-state index contributed by atoms with van der Waals surface area (Å²) in [4.78, 5) is 22.6. The van der Waals surface area contributed by atoms with Crippen molar-refractivity contribution in [2.24, 2.45) is 0 Å². The van der Waals surface area contributed by atoms with Crippen molar-refractivity contribution in [2.45, 2.75) is 225 Å². The van der Waals surface area contributed by atoms with Crippen LogP contribution in [-0.4, -0.2) is 23.1 Å². The van der Waals surface area contributed by atoms with Gasteiger partial charge in [-0.25, -0.2) is 0 Å². The molecular weight excluding hydrogens is 508 g/mol. The van der Waals surface area contributed by atoms with Crippen LogP contribution in [0.4, 0.5) is 0 Å². The number of ether oxygens (including phenoxy) is 1. The highest BCUT2D eigenvalue weighted by Gasteiger charge is 2.09. The zero-order chi connectivity index (χ0) is 30.1. The Hall–Kier alpha value is -1.06. The van der Waals surface area contributed by atoms with Crippen molar-refractivity contribution in [1.82, 2.24) is 0 Å². The van der Waals surface area contributed by atoms with E-state index in [4.69, 9.17) is 9.84 Å². The third-order valence-electron chi connectivity index (χ3n) is 8.57. The number of carbonyl (C=O) groups excluding carboxylic acids is 1. The van der Waals surface area contributed by atoms with Crippen LogP contribution in [0, 0.1) is 0 Å². The third kappa shape index (κ3) is 35.0. The summed E-state index contributed by atoms with van der Waals surface area (Å²) < 4.78 is 5.63. The molecule has 0 rings (SSSR count). The van der Waals surface area contributed by atoms with E-state index in [1.165, 1.54) is 167 Å². The number of unbranched alkanes of at least 4 members (excludes halogenated alkanes) is 27. The van der Waals surface area contributed by atoms with E-state index in [1.807, 2.05) is 0 Å². The number of rotatable bonds is 34. The van der Waals surface area contributed by atoms with Gasteiger partial charge in [-0.2, -0.15) is 0 Å². The fourth-order valence-corrected chi connectivity index (χ4v) is 5.81. The maximum Gasteiger partial charge on any atom is 0.306 e. The standard InChI is InChI=1S/C37H72O4/c1-3-4-5-6-7-8-9-19-22-25-28-31-34-37(40)41-35(2)32-29-26-23-20-17-15-13-11-10-12-14-16-18-21-24-27-30-33-36(38)39/h35H,3-34H2,1-2H3,(H,38,39). The van der Waals surface area contributed by atoms with Crippen LogP contribution in [0.2, 0.25) is 0 Å². The van der Waals surface area contributed by atoms with Crippen molar-refractivity contribution in [3.05, 3.63) is 0 Å². The van der Waals surface area contributed by atoms with E-state index in [2.05, 4.69) is 13.8 Å². The molecule has 1 unspecified atom stereocenters. The first-order chi connectivity index (χ1) is 20.1. The molecule has 0 aliphatic rings. The van der Waals surface area contributed by atoms with Crippen LogP contribution in [-0.2, 0) is 14.3 Å². The van der Waals surface area contributed by atoms with Gasteiger partial charge in [0.15, 0.2) is 0 Å². The molecule has 0 fully saturated rings. The molecule has 0 spiro atoms. The molecule has 0 saturated heterocycles. The largest absolute Gasteiger partial charge is 0.481 e. The summed E-state index contributed by atoms with van der Waals surface area (Å²) in [6.45, 7) is 4.34. The molecule has 0 bridgehead atoms. The number of hydrogen-bond donors (Lipinski definition) is 1. The van der Waals surface area contributed by atoms with Gasteiger partial charge in [0.1, 0.15) is 0 Å². The van der Waals surface area contributed by atoms with E-state index in [0.29, 0.717) is 12.8 Å². The lowest BCUT2D eigenvalue weighted by molar-refractivity contribution is -0.148. The van der Waals surface area contributed by atoms with Gasteiger partial charge in [0.25, 0.3) is 0 Å². The molecule has 0 aromatic rings. The summed E-state index contributed by atoms with van der Waals surface area (Å²) in [7, 11) is 0. The van der Waals surface area contributed by atoms with Gasteiger partial charge in [0, 0.05) is 12.8 Å². The molecular formula is C37H72O4. The molecule has 0 aromatic carbocycles. The SMILES string of the molecule is CCCCCCCCCCCCCCC(=O)OC(C)CCCCCCCCCCCCCCCCCCCC(=O)O. The molecule has 0 heterocycles. The number of carboxylic acids is 1. The number of aliphatic carboxylic acids is 1. The van der Waals surface area contributed by atoms with Crippen LogP contribution in [0.25, 0.3) is 0 Å². The van der Waals surface area contributed by atoms with Gasteiger partial charge in [-0.05, 0) is 32.6 Å². The van der Waals surface area contributed by atoms with Crippen molar-refractivity contribution >= 4 is 11.9 Å². The molecule has 41 heavy (non-hydrogen) atoms. The van der Waals surface area contributed by atoms with Gasteiger partial charge in [-0.1, -0.05) is 174 Å². The van der Waals surface area contributed by atoms with E-state index in [1.54, 1.807) is 0 Å². The zero-order valence-electron chi connectivity index (χ0n) is 27.9. The van der Waals surface area contributed by atoms with E-state index in [-0.39, 0.29) is 12.1 Å². The Morgan fingerprint density at radius 1 is 0.463 bits per heavy atom. The van der Waals surface area contributed by atoms with Crippen LogP contribution in [0.5, 0.6) is 0 Å². The van der Waals surface area contributed by atoms with E-state index >= 15 is 0 Å². The van der Waals surface area contributed by atoms with E-state index in [9.17, 15) is 9.59 Å². The van der Waals surface area contributed by atoms with Crippen LogP contribution in [0.1, 0.15) is 219 Å². The lowest BCUT2D eigenvalue weighted by Gasteiger charge is -2.13. The molecule has 1 N–H and O–H groups in total. The zero-order valence-corrected chi connectivity index (χ0v) is 27.9. The Bertz CT molecular complexity index is 547. The van der Waals surface area contributed by atoms with E-state index < -0.39 is 5.97 Å². The van der Waals surface area contributed by atoms with Gasteiger partial charge in [0.2, 0.25) is 0 Å². The average molecular weight is 581 g/mol. The maximum atomic E-state index is 12.1. The van der Waals surface area contributed by atoms with Gasteiger partial charge in [0.05, 0.1) is 6.10 Å². The number of carboxylic acid groups (broad SMARTS) is 1. The summed E-state index contributed by atoms with van der Waals surface area (Å²) in [5.41, 5.74) is 0. The first-order valence-corrected chi connectivity index (χ1v) is 18.5. The highest BCUT2D eigenvalue weighted by molar-refractivity contribution is 5.69. The number of hydrogen-bond acceptors (Lipinski definition) is 3. The van der Waals surface area contributed by atoms with Crippen molar-refractivity contribution in [2.75, 3.05) is 0 Å². The molecule has 0 aliphatic heterocycles. The quantitative estimate of drug-likeness (QED) is 0.0607. The Morgan fingerprint density at radius 2 is 0.756 bits per heavy atom. The Labute approximate surface area is 256 Å². The normalized spacial score (nSPS) is 12.0. The smallest absolute Gasteiger partial charge is 0.306 e. The number of esters is 1. The van der Waals surface area contributed by atoms with Crippen molar-refractivity contribution in [3.8, 4) is 0 Å². The number of carbonyl (C=O) groups is 2. The molecule has 4 heteroatoms. The van der Waals surface area contributed by atoms with Crippen LogP contribution in [0.3, 0.4) is 0 Å². The highest BCUT2D eigenvalue weighted by Crippen LogP contribution is 2.16. The summed E-state index contributed by atoms with van der Waals surface area (Å²) in [6, 6.07) is 0. The second kappa shape index (κ2) is 33.4. The molecule has 1 atom stereocenters. The minimum Gasteiger partial charge on any atom is -0.481 e. The summed E-state index contributed by atoms with van der Waals surface area (Å²) in [6.07, 6.45) is 39.6. The minimum absolute atomic E-state index is 0.00884. The Balaban J connectivity index is 3.26. The summed E-state index contributed by atoms with van der Waals surface area (Å²) >= 11 is 0. The predicted octanol–water partition coefficient (Wildman–Crippen LogP) is 12.5. The van der Waals surface area contributed by atoms with Gasteiger partial charge >= 0.3 is 11.9 Å². The third-order valence-corrected chi connectivity index (χ3v) is 8.57. The lowest BCUT2D eigenvalue weighted by atomic mass is 10.0. The molecule has 0 amide bonds.